The Kier molecular flexibility index (Phi) is 4.03. The molecule has 0 saturated heterocycles. The third-order valence-electron chi connectivity index (χ3n) is 0.757. The molecule has 0 bridgehead atoms. The molecule has 4 heteroatoms. The van der Waals surface area contributed by atoms with Crippen molar-refractivity contribution in [2.45, 2.75) is 18.5 Å². The highest BCUT2D eigenvalue weighted by Crippen LogP contribution is 2.30. The molecule has 0 radical (unpaired) electrons. The maximum absolute atomic E-state index is 10.2. The van der Waals surface area contributed by atoms with Gasteiger partial charge in [-0.2, -0.15) is 4.89 Å². The van der Waals surface area contributed by atoms with Crippen molar-refractivity contribution in [2.24, 2.45) is 0 Å². The van der Waals surface area contributed by atoms with Crippen LogP contribution in [-0.2, 0) is 4.57 Å². The predicted molar refractivity (Wildman–Crippen MR) is 38.9 cm³/mol. The number of rotatable bonds is 3. The number of halogens is 1. The van der Waals surface area contributed by atoms with Gasteiger partial charge >= 0.3 is 8.03 Å². The first-order chi connectivity index (χ1) is 4.04. The molecule has 0 aliphatic carbocycles. The van der Waals surface area contributed by atoms with Crippen LogP contribution in [0.15, 0.2) is 12.2 Å². The second-order valence-corrected chi connectivity index (χ2v) is 3.96. The molecule has 9 heavy (non-hydrogen) atoms. The third-order valence-corrected chi connectivity index (χ3v) is 2.07. The Morgan fingerprint density at radius 2 is 2.44 bits per heavy atom. The first kappa shape index (κ1) is 9.09. The van der Waals surface area contributed by atoms with E-state index in [9.17, 15) is 4.57 Å². The van der Waals surface area contributed by atoms with Crippen molar-refractivity contribution < 1.29 is 9.46 Å². The van der Waals surface area contributed by atoms with Crippen LogP contribution < -0.4 is 0 Å². The zero-order valence-corrected chi connectivity index (χ0v) is 6.82. The largest absolute Gasteiger partial charge is 0.525 e. The molecule has 0 aliphatic heterocycles. The minimum Gasteiger partial charge on any atom is -0.160 e. The molecule has 0 aromatic carbocycles. The molecular formula is C5H9ClO2P+. The van der Waals surface area contributed by atoms with Crippen LogP contribution in [-0.4, -0.2) is 10.0 Å². The highest BCUT2D eigenvalue weighted by atomic mass is 35.5. The first-order valence-electron chi connectivity index (χ1n) is 2.47. The average Bonchev–Trinajstić information content (AvgIpc) is 1.63. The van der Waals surface area contributed by atoms with E-state index >= 15 is 0 Å². The number of allylic oxidation sites excluding steroid dienone is 1. The van der Waals surface area contributed by atoms with E-state index in [0.717, 1.165) is 5.57 Å². The summed E-state index contributed by atoms with van der Waals surface area (Å²) in [6, 6.07) is 0. The molecule has 0 aromatic heterocycles. The Balaban J connectivity index is 3.63. The second-order valence-electron chi connectivity index (χ2n) is 1.90. The second kappa shape index (κ2) is 3.99. The smallest absolute Gasteiger partial charge is 0.160 e. The van der Waals surface area contributed by atoms with Crippen molar-refractivity contribution in [1.82, 2.24) is 0 Å². The monoisotopic (exact) mass is 167 g/mol. The van der Waals surface area contributed by atoms with E-state index in [1.807, 2.05) is 0 Å². The third kappa shape index (κ3) is 4.58. The van der Waals surface area contributed by atoms with Gasteiger partial charge in [-0.3, -0.25) is 0 Å². The molecule has 2 nitrogen and oxygen atoms in total. The Morgan fingerprint density at radius 1 is 2.00 bits per heavy atom. The summed E-state index contributed by atoms with van der Waals surface area (Å²) in [6.07, 6.45) is 0.410. The molecule has 0 aromatic rings. The van der Waals surface area contributed by atoms with Crippen LogP contribution >= 0.6 is 19.6 Å². The lowest BCUT2D eigenvalue weighted by Crippen LogP contribution is -1.90. The molecule has 0 aliphatic rings. The van der Waals surface area contributed by atoms with Crippen LogP contribution in [0.3, 0.4) is 0 Å². The first-order valence-corrected chi connectivity index (χ1v) is 4.19. The van der Waals surface area contributed by atoms with E-state index in [4.69, 9.17) is 16.5 Å². The van der Waals surface area contributed by atoms with Crippen LogP contribution in [0.1, 0.15) is 13.3 Å². The number of alkyl halides is 1. The van der Waals surface area contributed by atoms with Gasteiger partial charge in [0.05, 0.1) is 0 Å². The molecule has 0 spiro atoms. The van der Waals surface area contributed by atoms with Gasteiger partial charge in [-0.15, -0.1) is 0 Å². The predicted octanol–water partition coefficient (Wildman–Crippen LogP) is 2.25. The summed E-state index contributed by atoms with van der Waals surface area (Å²) in [6.45, 7) is 5.33. The van der Waals surface area contributed by atoms with Crippen molar-refractivity contribution >= 4 is 19.6 Å². The molecule has 0 rings (SSSR count). The lowest BCUT2D eigenvalue weighted by molar-refractivity contribution is 0.499. The molecule has 0 saturated carbocycles. The lowest BCUT2D eigenvalue weighted by atomic mass is 10.3. The Morgan fingerprint density at radius 3 is 2.56 bits per heavy atom. The van der Waals surface area contributed by atoms with Crippen LogP contribution in [0.2, 0.25) is 0 Å². The normalized spacial score (nSPS) is 14.8. The fourth-order valence-corrected chi connectivity index (χ4v) is 1.10. The maximum atomic E-state index is 10.2. The van der Waals surface area contributed by atoms with Gasteiger partial charge in [0.1, 0.15) is 0 Å². The van der Waals surface area contributed by atoms with Crippen LogP contribution in [0.5, 0.6) is 0 Å². The van der Waals surface area contributed by atoms with Gasteiger partial charge in [0.25, 0.3) is 5.12 Å². The topological polar surface area (TPSA) is 37.3 Å². The van der Waals surface area contributed by atoms with E-state index < -0.39 is 13.1 Å². The van der Waals surface area contributed by atoms with Crippen molar-refractivity contribution in [3.63, 3.8) is 0 Å². The van der Waals surface area contributed by atoms with Crippen LogP contribution in [0.4, 0.5) is 0 Å². The average molecular weight is 168 g/mol. The van der Waals surface area contributed by atoms with E-state index in [-0.39, 0.29) is 0 Å². The molecule has 0 fully saturated rings. The van der Waals surface area contributed by atoms with Gasteiger partial charge in [-0.1, -0.05) is 23.8 Å². The van der Waals surface area contributed by atoms with Gasteiger partial charge in [-0.25, -0.2) is 0 Å². The van der Waals surface area contributed by atoms with E-state index in [1.165, 1.54) is 0 Å². The van der Waals surface area contributed by atoms with Gasteiger partial charge in [0, 0.05) is 6.42 Å². The molecule has 0 heterocycles. The Hall–Kier alpha value is 0.0900. The number of hydrogen-bond acceptors (Lipinski definition) is 1. The fourth-order valence-electron chi connectivity index (χ4n) is 0.366. The summed E-state index contributed by atoms with van der Waals surface area (Å²) in [5.41, 5.74) is 0.826. The minimum atomic E-state index is -2.24. The maximum Gasteiger partial charge on any atom is 0.525 e. The van der Waals surface area contributed by atoms with Gasteiger partial charge in [0.15, 0.2) is 0 Å². The summed E-state index contributed by atoms with van der Waals surface area (Å²) in [7, 11) is -2.24. The molecule has 0 amide bonds. The molecule has 1 N–H and O–H groups in total. The molecular weight excluding hydrogens is 158 g/mol. The zero-order chi connectivity index (χ0) is 7.44. The SMILES string of the molecule is C=C(C)CC(Cl)[P+](=O)O. The summed E-state index contributed by atoms with van der Waals surface area (Å²) < 4.78 is 10.2. The van der Waals surface area contributed by atoms with Crippen LogP contribution in [0, 0.1) is 0 Å². The summed E-state index contributed by atoms with van der Waals surface area (Å²) in [5.74, 6) is 0. The number of hydrogen-bond donors (Lipinski definition) is 1. The van der Waals surface area contributed by atoms with E-state index in [2.05, 4.69) is 6.58 Å². The highest BCUT2D eigenvalue weighted by molar-refractivity contribution is 7.41. The molecule has 2 unspecified atom stereocenters. The minimum absolute atomic E-state index is 0.410. The Labute approximate surface area is 60.4 Å². The summed E-state index contributed by atoms with van der Waals surface area (Å²) >= 11 is 5.42. The standard InChI is InChI=1S/C5H8ClO2P/c1-4(2)3-5(6)9(7)8/h5H,1,3H2,2H3/p+1. The molecule has 52 valence electrons. The lowest BCUT2D eigenvalue weighted by Gasteiger charge is -1.92. The van der Waals surface area contributed by atoms with E-state index in [1.54, 1.807) is 6.92 Å². The summed E-state index contributed by atoms with van der Waals surface area (Å²) in [4.78, 5) is 8.41. The van der Waals surface area contributed by atoms with Crippen molar-refractivity contribution in [2.75, 3.05) is 0 Å². The molecule has 2 atom stereocenters. The quantitative estimate of drug-likeness (QED) is 0.398. The van der Waals surface area contributed by atoms with Crippen molar-refractivity contribution in [1.29, 1.82) is 0 Å². The van der Waals surface area contributed by atoms with E-state index in [0.29, 0.717) is 6.42 Å². The van der Waals surface area contributed by atoms with Gasteiger partial charge < -0.3 is 0 Å². The van der Waals surface area contributed by atoms with Gasteiger partial charge in [0.2, 0.25) is 0 Å². The van der Waals surface area contributed by atoms with Gasteiger partial charge in [-0.05, 0) is 11.5 Å². The summed E-state index contributed by atoms with van der Waals surface area (Å²) in [5, 5.41) is -0.669. The zero-order valence-electron chi connectivity index (χ0n) is 5.17. The van der Waals surface area contributed by atoms with Crippen molar-refractivity contribution in [3.8, 4) is 0 Å². The highest BCUT2D eigenvalue weighted by Gasteiger charge is 2.25. The Bertz CT molecular complexity index is 135. The van der Waals surface area contributed by atoms with Crippen LogP contribution in [0.25, 0.3) is 0 Å². The van der Waals surface area contributed by atoms with Crippen molar-refractivity contribution in [3.05, 3.63) is 12.2 Å². The fraction of sp³-hybridized carbons (Fsp3) is 0.600.